The van der Waals surface area contributed by atoms with Crippen LogP contribution in [0, 0.1) is 11.7 Å². The fourth-order valence-corrected chi connectivity index (χ4v) is 4.36. The van der Waals surface area contributed by atoms with Crippen molar-refractivity contribution < 1.29 is 13.6 Å². The second-order valence-corrected chi connectivity index (χ2v) is 7.36. The van der Waals surface area contributed by atoms with Crippen molar-refractivity contribution in [2.75, 3.05) is 6.54 Å². The number of hydrogen-bond donors (Lipinski definition) is 0. The molecule has 2 aromatic carbocycles. The molecule has 26 heavy (non-hydrogen) atoms. The number of hydrogen-bond acceptors (Lipinski definition) is 3. The molecule has 4 nitrogen and oxygen atoms in total. The maximum atomic E-state index is 13.4. The highest BCUT2D eigenvalue weighted by Crippen LogP contribution is 2.36. The van der Waals surface area contributed by atoms with Crippen molar-refractivity contribution in [1.82, 2.24) is 9.88 Å². The molecular weight excluding hydrogens is 331 g/mol. The number of halogens is 1. The minimum Gasteiger partial charge on any atom is -0.436 e. The number of amides is 1. The summed E-state index contributed by atoms with van der Waals surface area (Å²) in [6.45, 7) is 0.870. The Hall–Kier alpha value is -2.69. The fourth-order valence-electron chi connectivity index (χ4n) is 4.36. The molecule has 2 bridgehead atoms. The minimum atomic E-state index is -0.333. The summed E-state index contributed by atoms with van der Waals surface area (Å²) in [5.41, 5.74) is 2.45. The molecule has 1 aliphatic heterocycles. The Balaban J connectivity index is 1.47. The predicted molar refractivity (Wildman–Crippen MR) is 96.2 cm³/mol. The van der Waals surface area contributed by atoms with E-state index in [0.29, 0.717) is 40.1 Å². The Morgan fingerprint density at radius 3 is 2.96 bits per heavy atom. The quantitative estimate of drug-likeness (QED) is 0.676. The summed E-state index contributed by atoms with van der Waals surface area (Å²) in [4.78, 5) is 19.5. The Kier molecular flexibility index (Phi) is 3.55. The first kappa shape index (κ1) is 15.6. The van der Waals surface area contributed by atoms with Gasteiger partial charge in [-0.3, -0.25) is 4.79 Å². The van der Waals surface area contributed by atoms with Gasteiger partial charge in [-0.05, 0) is 61.6 Å². The summed E-state index contributed by atoms with van der Waals surface area (Å²) in [5.74, 6) is 0.770. The highest BCUT2D eigenvalue weighted by Gasteiger charge is 2.38. The van der Waals surface area contributed by atoms with Gasteiger partial charge >= 0.3 is 0 Å². The summed E-state index contributed by atoms with van der Waals surface area (Å²) in [7, 11) is 0. The third-order valence-electron chi connectivity index (χ3n) is 5.62. The molecule has 5 rings (SSSR count). The van der Waals surface area contributed by atoms with Crippen LogP contribution in [0.25, 0.3) is 22.6 Å². The van der Waals surface area contributed by atoms with E-state index in [1.165, 1.54) is 25.0 Å². The SMILES string of the molecule is O=C(c1ccc2oc(-c3cccc(F)c3)nc2c1)N1C[C@@H]2CCC[C@H]1C2. The molecule has 1 aromatic heterocycles. The molecule has 1 amide bonds. The average molecular weight is 350 g/mol. The summed E-state index contributed by atoms with van der Waals surface area (Å²) in [6.07, 6.45) is 4.71. The normalized spacial score (nSPS) is 22.1. The largest absolute Gasteiger partial charge is 0.436 e. The molecule has 132 valence electrons. The first-order valence-electron chi connectivity index (χ1n) is 9.15. The second-order valence-electron chi connectivity index (χ2n) is 7.36. The zero-order chi connectivity index (χ0) is 17.7. The van der Waals surface area contributed by atoms with Gasteiger partial charge in [0, 0.05) is 23.7 Å². The van der Waals surface area contributed by atoms with Crippen molar-refractivity contribution in [2.45, 2.75) is 31.7 Å². The summed E-state index contributed by atoms with van der Waals surface area (Å²) < 4.78 is 19.2. The minimum absolute atomic E-state index is 0.0802. The van der Waals surface area contributed by atoms with Crippen LogP contribution >= 0.6 is 0 Å². The first-order valence-corrected chi connectivity index (χ1v) is 9.15. The van der Waals surface area contributed by atoms with Crippen LogP contribution in [0.5, 0.6) is 0 Å². The van der Waals surface area contributed by atoms with Crippen molar-refractivity contribution in [3.63, 3.8) is 0 Å². The molecule has 0 unspecified atom stereocenters. The van der Waals surface area contributed by atoms with E-state index in [1.54, 1.807) is 30.3 Å². The molecule has 0 N–H and O–H groups in total. The number of nitrogens with zero attached hydrogens (tertiary/aromatic N) is 2. The molecule has 2 aliphatic rings. The van der Waals surface area contributed by atoms with Gasteiger partial charge in [0.1, 0.15) is 11.3 Å². The third-order valence-corrected chi connectivity index (χ3v) is 5.62. The molecule has 0 radical (unpaired) electrons. The number of benzene rings is 2. The molecule has 1 saturated heterocycles. The smallest absolute Gasteiger partial charge is 0.254 e. The monoisotopic (exact) mass is 350 g/mol. The van der Waals surface area contributed by atoms with E-state index in [1.807, 2.05) is 4.90 Å². The standard InChI is InChI=1S/C21H19FN2O2/c22-16-5-2-4-14(10-16)20-23-18-11-15(7-8-19(18)26-20)21(25)24-12-13-3-1-6-17(24)9-13/h2,4-5,7-8,10-11,13,17H,1,3,6,9,12H2/t13-,17+/m1/s1. The molecule has 0 spiro atoms. The lowest BCUT2D eigenvalue weighted by Crippen LogP contribution is -2.35. The molecule has 2 fully saturated rings. The van der Waals surface area contributed by atoms with Gasteiger partial charge in [0.05, 0.1) is 0 Å². The summed E-state index contributed by atoms with van der Waals surface area (Å²) in [5, 5.41) is 0. The van der Waals surface area contributed by atoms with E-state index in [2.05, 4.69) is 4.98 Å². The summed E-state index contributed by atoms with van der Waals surface area (Å²) >= 11 is 0. The number of carbonyl (C=O) groups is 1. The zero-order valence-electron chi connectivity index (χ0n) is 14.3. The van der Waals surface area contributed by atoms with Crippen LogP contribution < -0.4 is 0 Å². The summed E-state index contributed by atoms with van der Waals surface area (Å²) in [6, 6.07) is 11.9. The van der Waals surface area contributed by atoms with Gasteiger partial charge in [0.25, 0.3) is 5.91 Å². The molecule has 1 saturated carbocycles. The van der Waals surface area contributed by atoms with Crippen LogP contribution in [-0.2, 0) is 0 Å². The number of oxazole rings is 1. The van der Waals surface area contributed by atoms with E-state index in [9.17, 15) is 9.18 Å². The Morgan fingerprint density at radius 1 is 1.19 bits per heavy atom. The van der Waals surface area contributed by atoms with Crippen LogP contribution in [0.4, 0.5) is 4.39 Å². The van der Waals surface area contributed by atoms with Gasteiger partial charge in [0.2, 0.25) is 5.89 Å². The van der Waals surface area contributed by atoms with Crippen LogP contribution in [-0.4, -0.2) is 28.4 Å². The van der Waals surface area contributed by atoms with Crippen LogP contribution in [0.2, 0.25) is 0 Å². The topological polar surface area (TPSA) is 46.3 Å². The van der Waals surface area contributed by atoms with Crippen LogP contribution in [0.15, 0.2) is 46.9 Å². The maximum absolute atomic E-state index is 13.4. The molecular formula is C21H19FN2O2. The number of carbonyl (C=O) groups excluding carboxylic acids is 1. The molecule has 2 atom stereocenters. The highest BCUT2D eigenvalue weighted by atomic mass is 19.1. The Labute approximate surface area is 150 Å². The number of aromatic nitrogens is 1. The van der Waals surface area contributed by atoms with E-state index in [-0.39, 0.29) is 11.7 Å². The lowest BCUT2D eigenvalue weighted by molar-refractivity contribution is 0.0733. The average Bonchev–Trinajstić information content (AvgIpc) is 3.21. The Bertz CT molecular complexity index is 997. The van der Waals surface area contributed by atoms with Gasteiger partial charge < -0.3 is 9.32 Å². The van der Waals surface area contributed by atoms with E-state index in [4.69, 9.17) is 4.42 Å². The number of likely N-dealkylation sites (tertiary alicyclic amines) is 1. The van der Waals surface area contributed by atoms with Crippen LogP contribution in [0.3, 0.4) is 0 Å². The molecule has 2 heterocycles. The van der Waals surface area contributed by atoms with Crippen molar-refractivity contribution >= 4 is 17.0 Å². The van der Waals surface area contributed by atoms with Gasteiger partial charge in [-0.2, -0.15) is 0 Å². The Morgan fingerprint density at radius 2 is 2.12 bits per heavy atom. The van der Waals surface area contributed by atoms with E-state index < -0.39 is 0 Å². The second kappa shape index (κ2) is 5.94. The fraction of sp³-hybridized carbons (Fsp3) is 0.333. The van der Waals surface area contributed by atoms with Gasteiger partial charge in [0.15, 0.2) is 5.58 Å². The van der Waals surface area contributed by atoms with Crippen LogP contribution in [0.1, 0.15) is 36.0 Å². The molecule has 5 heteroatoms. The van der Waals surface area contributed by atoms with Gasteiger partial charge in [-0.1, -0.05) is 12.5 Å². The molecule has 1 aliphatic carbocycles. The number of fused-ring (bicyclic) bond motifs is 3. The first-order chi connectivity index (χ1) is 12.7. The van der Waals surface area contributed by atoms with Crippen molar-refractivity contribution in [3.05, 3.63) is 53.8 Å². The number of rotatable bonds is 2. The zero-order valence-corrected chi connectivity index (χ0v) is 14.3. The van der Waals surface area contributed by atoms with E-state index >= 15 is 0 Å². The lowest BCUT2D eigenvalue weighted by Gasteiger charge is -2.24. The van der Waals surface area contributed by atoms with E-state index in [0.717, 1.165) is 19.4 Å². The predicted octanol–water partition coefficient (Wildman–Crippen LogP) is 4.65. The van der Waals surface area contributed by atoms with Crippen molar-refractivity contribution in [2.24, 2.45) is 5.92 Å². The highest BCUT2D eigenvalue weighted by molar-refractivity contribution is 5.97. The van der Waals surface area contributed by atoms with Gasteiger partial charge in [-0.15, -0.1) is 0 Å². The molecule has 3 aromatic rings. The maximum Gasteiger partial charge on any atom is 0.254 e. The van der Waals surface area contributed by atoms with Crippen molar-refractivity contribution in [3.8, 4) is 11.5 Å². The third kappa shape index (κ3) is 2.59. The van der Waals surface area contributed by atoms with Crippen molar-refractivity contribution in [1.29, 1.82) is 0 Å². The van der Waals surface area contributed by atoms with Gasteiger partial charge in [-0.25, -0.2) is 9.37 Å². The lowest BCUT2D eigenvalue weighted by atomic mass is 9.90.